The number of nitrogens with zero attached hydrogens (tertiary/aromatic N) is 2. The Bertz CT molecular complexity index is 838. The highest BCUT2D eigenvalue weighted by Crippen LogP contribution is 2.42. The maximum Gasteiger partial charge on any atom is 0.490 e. The Morgan fingerprint density at radius 1 is 1.18 bits per heavy atom. The summed E-state index contributed by atoms with van der Waals surface area (Å²) in [6.45, 7) is 5.91. The van der Waals surface area contributed by atoms with Crippen LogP contribution in [0.3, 0.4) is 0 Å². The van der Waals surface area contributed by atoms with E-state index in [0.29, 0.717) is 30.5 Å². The molecular weight excluding hydrogens is 457 g/mol. The zero-order valence-electron chi connectivity index (χ0n) is 19.2. The molecule has 3 fully saturated rings. The largest absolute Gasteiger partial charge is 0.493 e. The first kappa shape index (κ1) is 26.1. The van der Waals surface area contributed by atoms with Gasteiger partial charge in [-0.1, -0.05) is 12.1 Å². The molecule has 1 aromatic rings. The lowest BCUT2D eigenvalue weighted by molar-refractivity contribution is -0.192. The lowest BCUT2D eigenvalue weighted by Gasteiger charge is -2.50. The minimum absolute atomic E-state index is 0.0142. The molecule has 0 aromatic heterocycles. The number of rotatable bonds is 7. The molecule has 1 atom stereocenters. The predicted molar refractivity (Wildman–Crippen MR) is 116 cm³/mol. The smallest absolute Gasteiger partial charge is 0.490 e. The molecule has 1 aromatic carbocycles. The van der Waals surface area contributed by atoms with Crippen molar-refractivity contribution in [1.82, 2.24) is 9.80 Å². The zero-order valence-corrected chi connectivity index (χ0v) is 19.2. The SMILES string of the molecule is COc1ccccc1OCC(=O)N1CC2(C1)OCCC2CCN1CCCC1.O=C(O)C(F)(F)F. The second kappa shape index (κ2) is 11.3. The summed E-state index contributed by atoms with van der Waals surface area (Å²) in [6, 6.07) is 7.40. The number of carboxylic acid groups (broad SMARTS) is 1. The van der Waals surface area contributed by atoms with Gasteiger partial charge in [-0.2, -0.15) is 13.2 Å². The number of carboxylic acids is 1. The number of para-hydroxylation sites is 2. The third kappa shape index (κ3) is 6.53. The fraction of sp³-hybridized carbons (Fsp3) is 0.652. The van der Waals surface area contributed by atoms with Crippen molar-refractivity contribution in [2.75, 3.05) is 53.0 Å². The number of aliphatic carboxylic acids is 1. The minimum Gasteiger partial charge on any atom is -0.493 e. The summed E-state index contributed by atoms with van der Waals surface area (Å²) >= 11 is 0. The van der Waals surface area contributed by atoms with E-state index >= 15 is 0 Å². The molecular formula is C23H31F3N2O6. The van der Waals surface area contributed by atoms with Gasteiger partial charge in [0.1, 0.15) is 5.60 Å². The summed E-state index contributed by atoms with van der Waals surface area (Å²) in [6.07, 6.45) is -0.116. The van der Waals surface area contributed by atoms with Crippen LogP contribution in [0.25, 0.3) is 0 Å². The number of hydrogen-bond donors (Lipinski definition) is 1. The molecule has 3 aliphatic rings. The molecule has 8 nitrogen and oxygen atoms in total. The monoisotopic (exact) mass is 488 g/mol. The molecule has 0 bridgehead atoms. The van der Waals surface area contributed by atoms with Crippen LogP contribution in [-0.2, 0) is 14.3 Å². The van der Waals surface area contributed by atoms with Crippen molar-refractivity contribution in [2.45, 2.75) is 37.5 Å². The quantitative estimate of drug-likeness (QED) is 0.632. The zero-order chi connectivity index (χ0) is 24.8. The highest BCUT2D eigenvalue weighted by atomic mass is 19.4. The van der Waals surface area contributed by atoms with Crippen molar-refractivity contribution in [3.63, 3.8) is 0 Å². The average molecular weight is 489 g/mol. The van der Waals surface area contributed by atoms with Crippen LogP contribution in [0.4, 0.5) is 13.2 Å². The number of hydrogen-bond acceptors (Lipinski definition) is 6. The number of halogens is 3. The standard InChI is InChI=1S/C21H30N2O4.C2HF3O2/c1-25-18-6-2-3-7-19(18)26-14-20(24)23-15-21(16-23)17(9-13-27-21)8-12-22-10-4-5-11-22;3-2(4,5)1(6)7/h2-3,6-7,17H,4-5,8-16H2,1H3;(H,6,7). The van der Waals surface area contributed by atoms with Gasteiger partial charge in [-0.3, -0.25) is 4.79 Å². The van der Waals surface area contributed by atoms with Crippen molar-refractivity contribution in [1.29, 1.82) is 0 Å². The first-order valence-corrected chi connectivity index (χ1v) is 11.3. The Balaban J connectivity index is 0.000000406. The molecule has 0 saturated carbocycles. The number of carbonyl (C=O) groups excluding carboxylic acids is 1. The summed E-state index contributed by atoms with van der Waals surface area (Å²) in [7, 11) is 1.60. The first-order chi connectivity index (χ1) is 16.1. The summed E-state index contributed by atoms with van der Waals surface area (Å²) in [5, 5.41) is 7.12. The predicted octanol–water partition coefficient (Wildman–Crippen LogP) is 2.81. The van der Waals surface area contributed by atoms with Crippen LogP contribution in [-0.4, -0.2) is 91.6 Å². The Morgan fingerprint density at radius 3 is 2.38 bits per heavy atom. The molecule has 1 amide bonds. The average Bonchev–Trinajstić information content (AvgIpc) is 3.44. The van der Waals surface area contributed by atoms with Gasteiger partial charge < -0.3 is 29.1 Å². The van der Waals surface area contributed by atoms with Crippen molar-refractivity contribution < 1.29 is 42.1 Å². The van der Waals surface area contributed by atoms with Crippen LogP contribution >= 0.6 is 0 Å². The number of methoxy groups -OCH3 is 1. The van der Waals surface area contributed by atoms with Gasteiger partial charge in [-0.05, 0) is 63.4 Å². The lowest BCUT2D eigenvalue weighted by Crippen LogP contribution is -2.66. The third-order valence-electron chi connectivity index (χ3n) is 6.52. The molecule has 11 heteroatoms. The van der Waals surface area contributed by atoms with Crippen LogP contribution in [0, 0.1) is 5.92 Å². The van der Waals surface area contributed by atoms with E-state index in [2.05, 4.69) is 4.90 Å². The Kier molecular flexibility index (Phi) is 8.64. The highest BCUT2D eigenvalue weighted by molar-refractivity contribution is 5.79. The van der Waals surface area contributed by atoms with Crippen LogP contribution in [0.1, 0.15) is 25.7 Å². The van der Waals surface area contributed by atoms with Crippen molar-refractivity contribution in [2.24, 2.45) is 5.92 Å². The molecule has 4 rings (SSSR count). The van der Waals surface area contributed by atoms with Gasteiger partial charge in [0, 0.05) is 6.61 Å². The molecule has 3 aliphatic heterocycles. The second-order valence-corrected chi connectivity index (χ2v) is 8.73. The van der Waals surface area contributed by atoms with Crippen LogP contribution in [0.2, 0.25) is 0 Å². The van der Waals surface area contributed by atoms with E-state index in [1.165, 1.54) is 38.9 Å². The number of amides is 1. The molecule has 0 aliphatic carbocycles. The molecule has 190 valence electrons. The van der Waals surface area contributed by atoms with Gasteiger partial charge in [-0.15, -0.1) is 0 Å². The van der Waals surface area contributed by atoms with Crippen LogP contribution < -0.4 is 9.47 Å². The maximum absolute atomic E-state index is 12.5. The molecule has 0 radical (unpaired) electrons. The number of carbonyl (C=O) groups is 2. The topological polar surface area (TPSA) is 88.5 Å². The van der Waals surface area contributed by atoms with Gasteiger partial charge in [0.15, 0.2) is 18.1 Å². The summed E-state index contributed by atoms with van der Waals surface area (Å²) in [5.41, 5.74) is -0.111. The number of benzene rings is 1. The van der Waals surface area contributed by atoms with E-state index in [-0.39, 0.29) is 18.1 Å². The van der Waals surface area contributed by atoms with Gasteiger partial charge in [0.25, 0.3) is 5.91 Å². The van der Waals surface area contributed by atoms with E-state index in [1.54, 1.807) is 7.11 Å². The Morgan fingerprint density at radius 2 is 1.79 bits per heavy atom. The lowest BCUT2D eigenvalue weighted by atomic mass is 9.79. The Hall–Kier alpha value is -2.53. The van der Waals surface area contributed by atoms with Gasteiger partial charge >= 0.3 is 12.1 Å². The number of ether oxygens (including phenoxy) is 3. The number of likely N-dealkylation sites (tertiary alicyclic amines) is 2. The molecule has 1 unspecified atom stereocenters. The fourth-order valence-corrected chi connectivity index (χ4v) is 4.63. The normalized spacial score (nSPS) is 21.5. The van der Waals surface area contributed by atoms with E-state index in [0.717, 1.165) is 13.0 Å². The molecule has 3 saturated heterocycles. The van der Waals surface area contributed by atoms with Gasteiger partial charge in [0.2, 0.25) is 0 Å². The molecule has 3 heterocycles. The Labute approximate surface area is 196 Å². The van der Waals surface area contributed by atoms with Crippen LogP contribution in [0.15, 0.2) is 24.3 Å². The van der Waals surface area contributed by atoms with Gasteiger partial charge in [-0.25, -0.2) is 4.79 Å². The van der Waals surface area contributed by atoms with Crippen LogP contribution in [0.5, 0.6) is 11.5 Å². The van der Waals surface area contributed by atoms with E-state index in [1.807, 2.05) is 29.2 Å². The van der Waals surface area contributed by atoms with E-state index < -0.39 is 12.1 Å². The second-order valence-electron chi connectivity index (χ2n) is 8.73. The molecule has 1 spiro atoms. The summed E-state index contributed by atoms with van der Waals surface area (Å²) < 4.78 is 48.8. The summed E-state index contributed by atoms with van der Waals surface area (Å²) in [4.78, 5) is 25.8. The van der Waals surface area contributed by atoms with Crippen molar-refractivity contribution in [3.05, 3.63) is 24.3 Å². The molecule has 1 N–H and O–H groups in total. The maximum atomic E-state index is 12.5. The first-order valence-electron chi connectivity index (χ1n) is 11.3. The summed E-state index contributed by atoms with van der Waals surface area (Å²) in [5.74, 6) is -0.930. The third-order valence-corrected chi connectivity index (χ3v) is 6.52. The van der Waals surface area contributed by atoms with Gasteiger partial charge in [0.05, 0.1) is 20.2 Å². The minimum atomic E-state index is -5.08. The van der Waals surface area contributed by atoms with E-state index in [4.69, 9.17) is 24.1 Å². The molecule has 34 heavy (non-hydrogen) atoms. The van der Waals surface area contributed by atoms with E-state index in [9.17, 15) is 18.0 Å². The fourth-order valence-electron chi connectivity index (χ4n) is 4.63. The highest BCUT2D eigenvalue weighted by Gasteiger charge is 2.54. The number of alkyl halides is 3. The van der Waals surface area contributed by atoms with Crippen molar-refractivity contribution in [3.8, 4) is 11.5 Å². The van der Waals surface area contributed by atoms with Crippen molar-refractivity contribution >= 4 is 11.9 Å².